The Bertz CT molecular complexity index is 1270. The molecule has 0 aliphatic heterocycles. The zero-order chi connectivity index (χ0) is 25.0. The molecule has 0 radical (unpaired) electrons. The minimum Gasteiger partial charge on any atom is -0.396 e. The summed E-state index contributed by atoms with van der Waals surface area (Å²) in [7, 11) is 3.75. The quantitative estimate of drug-likeness (QED) is 0.229. The van der Waals surface area contributed by atoms with Crippen LogP contribution in [0.1, 0.15) is 22.3 Å². The summed E-state index contributed by atoms with van der Waals surface area (Å²) in [6.07, 6.45) is 2.85. The van der Waals surface area contributed by atoms with E-state index in [1.807, 2.05) is 62.6 Å². The molecule has 0 unspecified atom stereocenters. The van der Waals surface area contributed by atoms with Gasteiger partial charge in [0, 0.05) is 42.2 Å². The number of aldehydes is 1. The summed E-state index contributed by atoms with van der Waals surface area (Å²) < 4.78 is 0. The number of hydrogen-bond donors (Lipinski definition) is 4. The van der Waals surface area contributed by atoms with Gasteiger partial charge in [-0.25, -0.2) is 4.98 Å². The number of nitrogen functional groups attached to an aromatic ring is 1. The molecule has 0 spiro atoms. The molecular weight excluding hydrogens is 440 g/mol. The first-order valence-electron chi connectivity index (χ1n) is 11.3. The van der Waals surface area contributed by atoms with Crippen LogP contribution in [0.25, 0.3) is 22.2 Å². The number of rotatable bonds is 8. The predicted octanol–water partition coefficient (Wildman–Crippen LogP) is 3.65. The van der Waals surface area contributed by atoms with Crippen molar-refractivity contribution in [3.8, 4) is 11.3 Å². The summed E-state index contributed by atoms with van der Waals surface area (Å²) in [5, 5.41) is 9.85. The Kier molecular flexibility index (Phi) is 9.27. The lowest BCUT2D eigenvalue weighted by atomic mass is 10.1. The number of anilines is 2. The maximum Gasteiger partial charge on any atom is 0.251 e. The number of carbonyl (C=O) groups excluding carboxylic acids is 2. The second kappa shape index (κ2) is 12.8. The van der Waals surface area contributed by atoms with E-state index >= 15 is 0 Å². The van der Waals surface area contributed by atoms with Crippen molar-refractivity contribution >= 4 is 34.6 Å². The molecular formula is C27H30N6O2. The van der Waals surface area contributed by atoms with Crippen LogP contribution in [0.2, 0.25) is 0 Å². The molecule has 8 heteroatoms. The molecule has 2 aromatic heterocycles. The molecule has 2 heterocycles. The lowest BCUT2D eigenvalue weighted by Crippen LogP contribution is -2.24. The molecule has 8 nitrogen and oxygen atoms in total. The first-order valence-corrected chi connectivity index (χ1v) is 11.3. The lowest BCUT2D eigenvalue weighted by molar-refractivity contribution is -0.107. The van der Waals surface area contributed by atoms with Gasteiger partial charge in [-0.05, 0) is 62.1 Å². The monoisotopic (exact) mass is 470 g/mol. The number of fused-ring (bicyclic) bond motifs is 1. The lowest BCUT2D eigenvalue weighted by Gasteiger charge is -2.11. The van der Waals surface area contributed by atoms with Gasteiger partial charge in [-0.3, -0.25) is 9.78 Å². The largest absolute Gasteiger partial charge is 0.396 e. The molecule has 180 valence electrons. The van der Waals surface area contributed by atoms with Crippen LogP contribution in [0.5, 0.6) is 0 Å². The second-order valence-electron chi connectivity index (χ2n) is 7.81. The van der Waals surface area contributed by atoms with E-state index in [9.17, 15) is 9.59 Å². The molecule has 0 fully saturated rings. The van der Waals surface area contributed by atoms with Crippen molar-refractivity contribution in [3.05, 3.63) is 84.1 Å². The minimum absolute atomic E-state index is 0.211. The zero-order valence-electron chi connectivity index (χ0n) is 19.9. The molecule has 0 aliphatic carbocycles. The Balaban J connectivity index is 0.00000108. The van der Waals surface area contributed by atoms with Crippen LogP contribution in [0.15, 0.2) is 72.9 Å². The van der Waals surface area contributed by atoms with Gasteiger partial charge in [-0.1, -0.05) is 24.3 Å². The Morgan fingerprint density at radius 1 is 1.03 bits per heavy atom. The van der Waals surface area contributed by atoms with Crippen LogP contribution in [0.3, 0.4) is 0 Å². The van der Waals surface area contributed by atoms with Crippen LogP contribution in [-0.2, 0) is 11.3 Å². The van der Waals surface area contributed by atoms with Gasteiger partial charge < -0.3 is 26.5 Å². The summed E-state index contributed by atoms with van der Waals surface area (Å²) in [6.45, 7) is 0.901. The van der Waals surface area contributed by atoms with Crippen molar-refractivity contribution in [2.75, 3.05) is 31.7 Å². The average Bonchev–Trinajstić information content (AvgIpc) is 2.89. The van der Waals surface area contributed by atoms with Gasteiger partial charge in [-0.2, -0.15) is 0 Å². The van der Waals surface area contributed by atoms with E-state index in [-0.39, 0.29) is 5.91 Å². The van der Waals surface area contributed by atoms with Crippen LogP contribution < -0.4 is 21.7 Å². The van der Waals surface area contributed by atoms with Gasteiger partial charge in [0.05, 0.1) is 16.9 Å². The van der Waals surface area contributed by atoms with Crippen LogP contribution in [0.4, 0.5) is 11.5 Å². The zero-order valence-corrected chi connectivity index (χ0v) is 19.9. The van der Waals surface area contributed by atoms with Crippen LogP contribution >= 0.6 is 0 Å². The SMILES string of the molecule is CNC.Nc1ccc(-c2ccc(C(=O)NCCC=O)cc2)nc1NCc1ccc2ncccc2c1. The number of amides is 1. The molecule has 35 heavy (non-hydrogen) atoms. The van der Waals surface area contributed by atoms with Gasteiger partial charge in [0.25, 0.3) is 5.91 Å². The Morgan fingerprint density at radius 3 is 2.54 bits per heavy atom. The summed E-state index contributed by atoms with van der Waals surface area (Å²) in [5.74, 6) is 0.390. The molecule has 0 saturated heterocycles. The molecule has 0 bridgehead atoms. The van der Waals surface area contributed by atoms with Crippen molar-refractivity contribution in [2.45, 2.75) is 13.0 Å². The van der Waals surface area contributed by atoms with E-state index < -0.39 is 0 Å². The highest BCUT2D eigenvalue weighted by Gasteiger charge is 2.08. The second-order valence-corrected chi connectivity index (χ2v) is 7.81. The van der Waals surface area contributed by atoms with Gasteiger partial charge >= 0.3 is 0 Å². The molecule has 1 amide bonds. The fourth-order valence-electron chi connectivity index (χ4n) is 3.33. The Hall–Kier alpha value is -4.30. The molecule has 0 saturated carbocycles. The smallest absolute Gasteiger partial charge is 0.251 e. The molecule has 0 atom stereocenters. The standard InChI is InChI=1S/C25H23N5O2.C2H7N/c26-21-9-11-23(18-5-7-19(8-6-18)25(32)28-13-2-14-31)30-24(21)29-16-17-4-10-22-20(15-17)3-1-12-27-22;1-3-2/h1,3-12,14-15H,2,13,16,26H2,(H,28,32)(H,29,30);3H,1-2H3. The number of carbonyl (C=O) groups is 2. The van der Waals surface area contributed by atoms with Crippen molar-refractivity contribution in [1.82, 2.24) is 20.6 Å². The van der Waals surface area contributed by atoms with Crippen molar-refractivity contribution in [1.29, 1.82) is 0 Å². The van der Waals surface area contributed by atoms with E-state index in [4.69, 9.17) is 5.73 Å². The highest BCUT2D eigenvalue weighted by atomic mass is 16.1. The third-order valence-electron chi connectivity index (χ3n) is 5.04. The van der Waals surface area contributed by atoms with Crippen molar-refractivity contribution in [2.24, 2.45) is 0 Å². The Morgan fingerprint density at radius 2 is 1.80 bits per heavy atom. The fraction of sp³-hybridized carbons (Fsp3) is 0.185. The normalized spacial score (nSPS) is 10.2. The third kappa shape index (κ3) is 7.09. The van der Waals surface area contributed by atoms with E-state index in [0.29, 0.717) is 36.6 Å². The number of nitrogens with two attached hydrogens (primary N) is 1. The van der Waals surface area contributed by atoms with Crippen molar-refractivity contribution in [3.63, 3.8) is 0 Å². The van der Waals surface area contributed by atoms with Crippen LogP contribution in [0, 0.1) is 0 Å². The van der Waals surface area contributed by atoms with E-state index in [1.54, 1.807) is 18.3 Å². The number of nitrogens with zero attached hydrogens (tertiary/aromatic N) is 2. The fourth-order valence-corrected chi connectivity index (χ4v) is 3.33. The highest BCUT2D eigenvalue weighted by molar-refractivity contribution is 5.94. The molecule has 4 aromatic rings. The number of nitrogens with one attached hydrogen (secondary N) is 3. The number of benzene rings is 2. The van der Waals surface area contributed by atoms with Crippen molar-refractivity contribution < 1.29 is 9.59 Å². The molecule has 4 rings (SSSR count). The highest BCUT2D eigenvalue weighted by Crippen LogP contribution is 2.24. The minimum atomic E-state index is -0.211. The topological polar surface area (TPSA) is 122 Å². The average molecular weight is 471 g/mol. The third-order valence-corrected chi connectivity index (χ3v) is 5.04. The maximum atomic E-state index is 12.1. The van der Waals surface area contributed by atoms with Gasteiger partial charge in [0.1, 0.15) is 12.1 Å². The summed E-state index contributed by atoms with van der Waals surface area (Å²) in [4.78, 5) is 31.5. The molecule has 0 aliphatic rings. The summed E-state index contributed by atoms with van der Waals surface area (Å²) in [5.41, 5.74) is 10.9. The first kappa shape index (κ1) is 25.3. The van der Waals surface area contributed by atoms with Gasteiger partial charge in [0.15, 0.2) is 0 Å². The van der Waals surface area contributed by atoms with E-state index in [1.165, 1.54) is 0 Å². The number of pyridine rings is 2. The maximum absolute atomic E-state index is 12.1. The number of aromatic nitrogens is 2. The van der Waals surface area contributed by atoms with Crippen LogP contribution in [-0.4, -0.2) is 42.8 Å². The molecule has 5 N–H and O–H groups in total. The molecule has 2 aromatic carbocycles. The first-order chi connectivity index (χ1) is 17.0. The predicted molar refractivity (Wildman–Crippen MR) is 141 cm³/mol. The van der Waals surface area contributed by atoms with Gasteiger partial charge in [0.2, 0.25) is 0 Å². The summed E-state index contributed by atoms with van der Waals surface area (Å²) in [6, 6.07) is 20.9. The van der Waals surface area contributed by atoms with E-state index in [2.05, 4.69) is 32.0 Å². The Labute approximate surface area is 205 Å². The van der Waals surface area contributed by atoms with Gasteiger partial charge in [-0.15, -0.1) is 0 Å². The summed E-state index contributed by atoms with van der Waals surface area (Å²) >= 11 is 0. The number of hydrogen-bond acceptors (Lipinski definition) is 7. The van der Waals surface area contributed by atoms with E-state index in [0.717, 1.165) is 34.0 Å².